The van der Waals surface area contributed by atoms with E-state index >= 15 is 0 Å². The van der Waals surface area contributed by atoms with Gasteiger partial charge in [0.15, 0.2) is 0 Å². The van der Waals surface area contributed by atoms with Gasteiger partial charge in [-0.1, -0.05) is 37.3 Å². The molecule has 1 fully saturated rings. The molecule has 3 heterocycles. The fourth-order valence-electron chi connectivity index (χ4n) is 4.00. The third kappa shape index (κ3) is 3.85. The molecule has 0 saturated carbocycles. The molecule has 1 atom stereocenters. The molecule has 0 spiro atoms. The van der Waals surface area contributed by atoms with E-state index in [0.717, 1.165) is 43.0 Å². The van der Waals surface area contributed by atoms with Crippen LogP contribution in [0, 0.1) is 0 Å². The van der Waals surface area contributed by atoms with Crippen molar-refractivity contribution < 1.29 is 0 Å². The highest BCUT2D eigenvalue weighted by Crippen LogP contribution is 2.34. The summed E-state index contributed by atoms with van der Waals surface area (Å²) in [7, 11) is 0. The number of likely N-dealkylation sites (tertiary alicyclic amines) is 1. The van der Waals surface area contributed by atoms with Crippen LogP contribution in [0.1, 0.15) is 37.1 Å². The molecule has 0 unspecified atom stereocenters. The Morgan fingerprint density at radius 2 is 2.07 bits per heavy atom. The Bertz CT molecular complexity index is 946. The first-order valence-corrected chi connectivity index (χ1v) is 9.61. The lowest BCUT2D eigenvalue weighted by Gasteiger charge is -2.32. The molecule has 3 aromatic rings. The average molecular weight is 363 g/mol. The summed E-state index contributed by atoms with van der Waals surface area (Å²) in [6.45, 7) is 6.06. The number of aromatic amines is 1. The molecule has 2 aromatic heterocycles. The molecule has 1 aliphatic rings. The van der Waals surface area contributed by atoms with Crippen molar-refractivity contribution in [2.75, 3.05) is 19.6 Å². The largest absolute Gasteiger partial charge is 0.328 e. The fraction of sp³-hybridized carbons (Fsp3) is 0.381. The summed E-state index contributed by atoms with van der Waals surface area (Å²) in [5.41, 5.74) is 4.06. The number of imidazole rings is 1. The summed E-state index contributed by atoms with van der Waals surface area (Å²) in [5.74, 6) is 0.429. The lowest BCUT2D eigenvalue weighted by atomic mass is 9.91. The van der Waals surface area contributed by atoms with E-state index in [1.54, 1.807) is 6.07 Å². The van der Waals surface area contributed by atoms with Gasteiger partial charge in [-0.05, 0) is 25.9 Å². The monoisotopic (exact) mass is 363 g/mol. The topological polar surface area (TPSA) is 66.8 Å². The minimum absolute atomic E-state index is 0.125. The van der Waals surface area contributed by atoms with E-state index in [1.165, 1.54) is 18.4 Å². The number of nitrogens with zero attached hydrogens (tertiary/aromatic N) is 4. The molecule has 1 N–H and O–H groups in total. The molecule has 140 valence electrons. The molecule has 1 aliphatic heterocycles. The second kappa shape index (κ2) is 7.88. The molecular formula is C21H25N5O. The van der Waals surface area contributed by atoms with Gasteiger partial charge in [0.1, 0.15) is 0 Å². The van der Waals surface area contributed by atoms with Crippen LogP contribution in [-0.4, -0.2) is 44.1 Å². The van der Waals surface area contributed by atoms with Gasteiger partial charge in [0.25, 0.3) is 5.56 Å². The number of aromatic nitrogens is 4. The van der Waals surface area contributed by atoms with E-state index in [4.69, 9.17) is 4.98 Å². The van der Waals surface area contributed by atoms with E-state index in [-0.39, 0.29) is 5.56 Å². The van der Waals surface area contributed by atoms with Crippen LogP contribution in [0.4, 0.5) is 0 Å². The van der Waals surface area contributed by atoms with Gasteiger partial charge in [-0.25, -0.2) is 9.97 Å². The first-order chi connectivity index (χ1) is 13.2. The Morgan fingerprint density at radius 3 is 2.85 bits per heavy atom. The second-order valence-corrected chi connectivity index (χ2v) is 7.11. The standard InChI is InChI=1S/C21H25N5O/c1-2-25-10-6-9-17(12-25)21-20(16-7-4-3-5-8-16)24-15-26(21)13-18-11-19(27)23-14-22-18/h3-5,7-8,11,14-15,17H,2,6,9-10,12-13H2,1H3,(H,22,23,27)/t17-/m0/s1. The number of hydrogen-bond acceptors (Lipinski definition) is 4. The summed E-state index contributed by atoms with van der Waals surface area (Å²) < 4.78 is 2.17. The van der Waals surface area contributed by atoms with Gasteiger partial charge in [0.05, 0.1) is 36.3 Å². The van der Waals surface area contributed by atoms with E-state index in [9.17, 15) is 4.79 Å². The van der Waals surface area contributed by atoms with Crippen molar-refractivity contribution in [3.8, 4) is 11.3 Å². The van der Waals surface area contributed by atoms with Crippen molar-refractivity contribution >= 4 is 0 Å². The third-order valence-electron chi connectivity index (χ3n) is 5.33. The van der Waals surface area contributed by atoms with Gasteiger partial charge < -0.3 is 14.5 Å². The number of nitrogens with one attached hydrogen (secondary N) is 1. The van der Waals surface area contributed by atoms with Crippen molar-refractivity contribution in [2.24, 2.45) is 0 Å². The molecule has 1 aromatic carbocycles. The summed E-state index contributed by atoms with van der Waals surface area (Å²) in [6, 6.07) is 11.9. The SMILES string of the molecule is CCN1CCC[C@H](c2c(-c3ccccc3)ncn2Cc2cc(=O)[nH]cn2)C1. The van der Waals surface area contributed by atoms with E-state index in [0.29, 0.717) is 12.5 Å². The Labute approximate surface area is 158 Å². The van der Waals surface area contributed by atoms with Crippen molar-refractivity contribution in [2.45, 2.75) is 32.2 Å². The van der Waals surface area contributed by atoms with Crippen LogP contribution >= 0.6 is 0 Å². The van der Waals surface area contributed by atoms with Crippen LogP contribution in [-0.2, 0) is 6.54 Å². The molecule has 6 heteroatoms. The van der Waals surface area contributed by atoms with Gasteiger partial charge >= 0.3 is 0 Å². The van der Waals surface area contributed by atoms with Crippen LogP contribution in [0.3, 0.4) is 0 Å². The highest BCUT2D eigenvalue weighted by atomic mass is 16.1. The van der Waals surface area contributed by atoms with Crippen molar-refractivity contribution in [3.05, 3.63) is 70.8 Å². The Balaban J connectivity index is 1.74. The molecule has 0 radical (unpaired) electrons. The predicted octanol–water partition coefficient (Wildman–Crippen LogP) is 2.88. The van der Waals surface area contributed by atoms with Crippen molar-refractivity contribution in [1.82, 2.24) is 24.4 Å². The van der Waals surface area contributed by atoms with Gasteiger partial charge in [-0.15, -0.1) is 0 Å². The number of H-pyrrole nitrogens is 1. The zero-order valence-electron chi connectivity index (χ0n) is 15.6. The molecule has 0 aliphatic carbocycles. The highest BCUT2D eigenvalue weighted by Gasteiger charge is 2.27. The number of likely N-dealkylation sites (N-methyl/N-ethyl adjacent to an activating group) is 1. The Kier molecular flexibility index (Phi) is 5.16. The first kappa shape index (κ1) is 17.7. The zero-order valence-corrected chi connectivity index (χ0v) is 15.6. The number of hydrogen-bond donors (Lipinski definition) is 1. The maximum absolute atomic E-state index is 11.6. The van der Waals surface area contributed by atoms with Crippen LogP contribution < -0.4 is 5.56 Å². The van der Waals surface area contributed by atoms with Crippen molar-refractivity contribution in [3.63, 3.8) is 0 Å². The molecule has 4 rings (SSSR count). The number of rotatable bonds is 5. The van der Waals surface area contributed by atoms with Crippen LogP contribution in [0.15, 0.2) is 53.8 Å². The van der Waals surface area contributed by atoms with Crippen molar-refractivity contribution in [1.29, 1.82) is 0 Å². The number of piperidine rings is 1. The maximum Gasteiger partial charge on any atom is 0.250 e. The maximum atomic E-state index is 11.6. The van der Waals surface area contributed by atoms with Gasteiger partial charge in [0, 0.05) is 24.1 Å². The molecule has 27 heavy (non-hydrogen) atoms. The van der Waals surface area contributed by atoms with E-state index < -0.39 is 0 Å². The van der Waals surface area contributed by atoms with Gasteiger partial charge in [-0.3, -0.25) is 4.79 Å². The summed E-state index contributed by atoms with van der Waals surface area (Å²) in [4.78, 5) is 25.8. The van der Waals surface area contributed by atoms with Gasteiger partial charge in [0.2, 0.25) is 0 Å². The summed E-state index contributed by atoms with van der Waals surface area (Å²) in [6.07, 6.45) is 5.71. The van der Waals surface area contributed by atoms with Crippen LogP contribution in [0.25, 0.3) is 11.3 Å². The molecule has 1 saturated heterocycles. The normalized spacial score (nSPS) is 17.9. The second-order valence-electron chi connectivity index (χ2n) is 7.11. The predicted molar refractivity (Wildman–Crippen MR) is 106 cm³/mol. The lowest BCUT2D eigenvalue weighted by molar-refractivity contribution is 0.214. The Morgan fingerprint density at radius 1 is 1.22 bits per heavy atom. The summed E-state index contributed by atoms with van der Waals surface area (Å²) in [5, 5.41) is 0. The minimum atomic E-state index is -0.125. The van der Waals surface area contributed by atoms with E-state index in [1.807, 2.05) is 12.4 Å². The van der Waals surface area contributed by atoms with Gasteiger partial charge in [-0.2, -0.15) is 0 Å². The lowest BCUT2D eigenvalue weighted by Crippen LogP contribution is -2.35. The third-order valence-corrected chi connectivity index (χ3v) is 5.33. The smallest absolute Gasteiger partial charge is 0.250 e. The minimum Gasteiger partial charge on any atom is -0.328 e. The van der Waals surface area contributed by atoms with E-state index in [2.05, 4.69) is 50.6 Å². The number of benzene rings is 1. The molecule has 0 bridgehead atoms. The molecular weight excluding hydrogens is 338 g/mol. The highest BCUT2D eigenvalue weighted by molar-refractivity contribution is 5.62. The average Bonchev–Trinajstić information content (AvgIpc) is 3.12. The first-order valence-electron chi connectivity index (χ1n) is 9.61. The summed E-state index contributed by atoms with van der Waals surface area (Å²) >= 11 is 0. The Hall–Kier alpha value is -2.73. The zero-order chi connectivity index (χ0) is 18.6. The fourth-order valence-corrected chi connectivity index (χ4v) is 4.00. The van der Waals surface area contributed by atoms with Crippen LogP contribution in [0.5, 0.6) is 0 Å². The molecule has 0 amide bonds. The van der Waals surface area contributed by atoms with Crippen LogP contribution in [0.2, 0.25) is 0 Å². The molecule has 6 nitrogen and oxygen atoms in total. The quantitative estimate of drug-likeness (QED) is 0.757.